The fourth-order valence-electron chi connectivity index (χ4n) is 2.59. The van der Waals surface area contributed by atoms with Crippen LogP contribution in [0.2, 0.25) is 0 Å². The highest BCUT2D eigenvalue weighted by molar-refractivity contribution is 7.11. The van der Waals surface area contributed by atoms with Gasteiger partial charge in [0.2, 0.25) is 0 Å². The van der Waals surface area contributed by atoms with Crippen molar-refractivity contribution in [1.29, 1.82) is 0 Å². The quantitative estimate of drug-likeness (QED) is 0.938. The second-order valence-corrected chi connectivity index (χ2v) is 6.09. The van der Waals surface area contributed by atoms with E-state index in [-0.39, 0.29) is 18.1 Å². The summed E-state index contributed by atoms with van der Waals surface area (Å²) in [6.07, 6.45) is 2.50. The summed E-state index contributed by atoms with van der Waals surface area (Å²) in [7, 11) is 1.90. The Balaban J connectivity index is 1.77. The number of carbonyl (C=O) groups excluding carboxylic acids is 1. The molecule has 1 aliphatic rings. The van der Waals surface area contributed by atoms with E-state index in [1.54, 1.807) is 5.51 Å². The van der Waals surface area contributed by atoms with Gasteiger partial charge in [-0.2, -0.15) is 5.10 Å². The Kier molecular flexibility index (Phi) is 3.77. The van der Waals surface area contributed by atoms with E-state index in [4.69, 9.17) is 4.74 Å². The molecule has 112 valence electrons. The van der Waals surface area contributed by atoms with Crippen LogP contribution in [0.1, 0.15) is 39.1 Å². The van der Waals surface area contributed by atoms with Crippen molar-refractivity contribution in [3.8, 4) is 0 Å². The van der Waals surface area contributed by atoms with E-state index >= 15 is 0 Å². The molecule has 1 aliphatic heterocycles. The van der Waals surface area contributed by atoms with Gasteiger partial charge in [-0.3, -0.25) is 9.48 Å². The Bertz CT molecular complexity index is 664. The molecule has 0 aromatic carbocycles. The van der Waals surface area contributed by atoms with E-state index in [1.807, 2.05) is 31.8 Å². The Morgan fingerprint density at radius 1 is 1.52 bits per heavy atom. The summed E-state index contributed by atoms with van der Waals surface area (Å²) in [5.74, 6) is -0.0722. The number of hydrogen-bond acceptors (Lipinski definition) is 5. The maximum Gasteiger partial charge on any atom is 0.263 e. The van der Waals surface area contributed by atoms with Gasteiger partial charge in [0.05, 0.1) is 23.4 Å². The van der Waals surface area contributed by atoms with E-state index in [0.717, 1.165) is 23.4 Å². The normalized spacial score (nSPS) is 21.7. The predicted octanol–water partition coefficient (Wildman–Crippen LogP) is 1.75. The van der Waals surface area contributed by atoms with Gasteiger partial charge in [0.15, 0.2) is 0 Å². The summed E-state index contributed by atoms with van der Waals surface area (Å²) in [6, 6.07) is -0.0260. The highest BCUT2D eigenvalue weighted by atomic mass is 32.1. The second kappa shape index (κ2) is 5.57. The fourth-order valence-corrected chi connectivity index (χ4v) is 3.30. The van der Waals surface area contributed by atoms with Gasteiger partial charge < -0.3 is 10.1 Å². The number of nitrogens with zero attached hydrogens (tertiary/aromatic N) is 3. The topological polar surface area (TPSA) is 69.0 Å². The number of aromatic nitrogens is 3. The molecule has 6 nitrogen and oxygen atoms in total. The van der Waals surface area contributed by atoms with Crippen molar-refractivity contribution < 1.29 is 9.53 Å². The van der Waals surface area contributed by atoms with E-state index in [0.29, 0.717) is 11.5 Å². The molecular formula is C14H18N4O2S. The van der Waals surface area contributed by atoms with Crippen molar-refractivity contribution >= 4 is 17.2 Å². The van der Waals surface area contributed by atoms with Crippen molar-refractivity contribution in [2.75, 3.05) is 6.61 Å². The van der Waals surface area contributed by atoms with Crippen molar-refractivity contribution in [1.82, 2.24) is 20.1 Å². The smallest absolute Gasteiger partial charge is 0.263 e. The van der Waals surface area contributed by atoms with Gasteiger partial charge in [0.25, 0.3) is 5.91 Å². The minimum atomic E-state index is -0.129. The average Bonchev–Trinajstić information content (AvgIpc) is 3.14. The number of nitrogens with one attached hydrogen (secondary N) is 1. The first-order valence-corrected chi connectivity index (χ1v) is 7.77. The monoisotopic (exact) mass is 306 g/mol. The summed E-state index contributed by atoms with van der Waals surface area (Å²) in [6.45, 7) is 4.50. The lowest BCUT2D eigenvalue weighted by atomic mass is 10.0. The molecule has 0 saturated carbocycles. The highest BCUT2D eigenvalue weighted by Gasteiger charge is 2.33. The first kappa shape index (κ1) is 14.2. The largest absolute Gasteiger partial charge is 0.371 e. The van der Waals surface area contributed by atoms with Crippen LogP contribution in [-0.4, -0.2) is 33.3 Å². The lowest BCUT2D eigenvalue weighted by Gasteiger charge is -2.19. The molecule has 21 heavy (non-hydrogen) atoms. The zero-order valence-corrected chi connectivity index (χ0v) is 13.1. The maximum atomic E-state index is 12.3. The minimum absolute atomic E-state index is 0.0260. The standard InChI is InChI=1S/C14H18N4O2S/c1-8-13(21-7-15-8)14(19)17-11-4-5-20-12(11)10-6-16-18(3)9(10)2/h6-7,11-12H,4-5H2,1-3H3,(H,17,19)/t11-,12+/m0/s1. The SMILES string of the molecule is Cc1ncsc1C(=O)N[C@H]1CCO[C@@H]1c1cnn(C)c1C. The Hall–Kier alpha value is -1.73. The van der Waals surface area contributed by atoms with Crippen LogP contribution in [0.5, 0.6) is 0 Å². The molecule has 0 spiro atoms. The van der Waals surface area contributed by atoms with Gasteiger partial charge in [-0.05, 0) is 20.3 Å². The molecule has 0 radical (unpaired) electrons. The zero-order valence-electron chi connectivity index (χ0n) is 12.3. The number of thiazole rings is 1. The van der Waals surface area contributed by atoms with Crippen molar-refractivity contribution in [3.63, 3.8) is 0 Å². The number of ether oxygens (including phenoxy) is 1. The highest BCUT2D eigenvalue weighted by Crippen LogP contribution is 2.31. The molecule has 2 aromatic rings. The number of aryl methyl sites for hydroxylation is 2. The molecule has 0 bridgehead atoms. The molecule has 3 rings (SSSR count). The van der Waals surface area contributed by atoms with Crippen LogP contribution in [0.3, 0.4) is 0 Å². The molecule has 0 aliphatic carbocycles. The predicted molar refractivity (Wildman–Crippen MR) is 79.4 cm³/mol. The molecule has 7 heteroatoms. The van der Waals surface area contributed by atoms with E-state index < -0.39 is 0 Å². The van der Waals surface area contributed by atoms with Gasteiger partial charge in [0.1, 0.15) is 11.0 Å². The van der Waals surface area contributed by atoms with Gasteiger partial charge in [-0.25, -0.2) is 4.98 Å². The van der Waals surface area contributed by atoms with Crippen molar-refractivity contribution in [2.24, 2.45) is 7.05 Å². The molecule has 3 heterocycles. The third kappa shape index (κ3) is 2.58. The lowest BCUT2D eigenvalue weighted by Crippen LogP contribution is -2.36. The van der Waals surface area contributed by atoms with Crippen LogP contribution >= 0.6 is 11.3 Å². The van der Waals surface area contributed by atoms with Crippen molar-refractivity contribution in [3.05, 3.63) is 33.5 Å². The zero-order chi connectivity index (χ0) is 15.0. The summed E-state index contributed by atoms with van der Waals surface area (Å²) in [5.41, 5.74) is 4.57. The Morgan fingerprint density at radius 3 is 2.95 bits per heavy atom. The number of hydrogen-bond donors (Lipinski definition) is 1. The second-order valence-electron chi connectivity index (χ2n) is 5.24. The van der Waals surface area contributed by atoms with Gasteiger partial charge >= 0.3 is 0 Å². The summed E-state index contributed by atoms with van der Waals surface area (Å²) in [5, 5.41) is 7.33. The summed E-state index contributed by atoms with van der Waals surface area (Å²) < 4.78 is 7.64. The molecule has 2 aromatic heterocycles. The van der Waals surface area contributed by atoms with Crippen LogP contribution in [0.4, 0.5) is 0 Å². The summed E-state index contributed by atoms with van der Waals surface area (Å²) >= 11 is 1.36. The first-order valence-electron chi connectivity index (χ1n) is 6.89. The van der Waals surface area contributed by atoms with E-state index in [9.17, 15) is 4.79 Å². The van der Waals surface area contributed by atoms with E-state index in [1.165, 1.54) is 11.3 Å². The molecule has 0 unspecified atom stereocenters. The molecule has 1 N–H and O–H groups in total. The van der Waals surface area contributed by atoms with Crippen LogP contribution in [0.25, 0.3) is 0 Å². The Labute approximate surface area is 127 Å². The van der Waals surface area contributed by atoms with Gasteiger partial charge in [0, 0.05) is 24.9 Å². The van der Waals surface area contributed by atoms with Crippen LogP contribution in [-0.2, 0) is 11.8 Å². The van der Waals surface area contributed by atoms with Gasteiger partial charge in [-0.1, -0.05) is 0 Å². The average molecular weight is 306 g/mol. The third-order valence-electron chi connectivity index (χ3n) is 3.94. The minimum Gasteiger partial charge on any atom is -0.371 e. The molecule has 1 amide bonds. The Morgan fingerprint density at radius 2 is 2.33 bits per heavy atom. The molecule has 1 saturated heterocycles. The van der Waals surface area contributed by atoms with Crippen LogP contribution < -0.4 is 5.32 Å². The van der Waals surface area contributed by atoms with E-state index in [2.05, 4.69) is 15.4 Å². The fraction of sp³-hybridized carbons (Fsp3) is 0.500. The maximum absolute atomic E-state index is 12.3. The number of carbonyl (C=O) groups is 1. The molecular weight excluding hydrogens is 288 g/mol. The molecule has 2 atom stereocenters. The summed E-state index contributed by atoms with van der Waals surface area (Å²) in [4.78, 5) is 17.1. The van der Waals surface area contributed by atoms with Crippen LogP contribution in [0.15, 0.2) is 11.7 Å². The lowest BCUT2D eigenvalue weighted by molar-refractivity contribution is 0.0821. The number of amides is 1. The molecule has 1 fully saturated rings. The van der Waals surface area contributed by atoms with Crippen molar-refractivity contribution in [2.45, 2.75) is 32.4 Å². The van der Waals surface area contributed by atoms with Crippen LogP contribution in [0, 0.1) is 13.8 Å². The third-order valence-corrected chi connectivity index (χ3v) is 4.87. The number of rotatable bonds is 3. The first-order chi connectivity index (χ1) is 10.1. The van der Waals surface area contributed by atoms with Gasteiger partial charge in [-0.15, -0.1) is 11.3 Å².